The minimum absolute atomic E-state index is 0.198. The van der Waals surface area contributed by atoms with Crippen molar-refractivity contribution in [3.05, 3.63) is 53.6 Å². The number of carbonyl (C=O) groups excluding carboxylic acids is 2. The van der Waals surface area contributed by atoms with Gasteiger partial charge < -0.3 is 24.3 Å². The van der Waals surface area contributed by atoms with Crippen molar-refractivity contribution in [1.82, 2.24) is 5.32 Å². The van der Waals surface area contributed by atoms with Gasteiger partial charge in [0.05, 0.1) is 12.2 Å². The molecule has 1 amide bonds. The van der Waals surface area contributed by atoms with Gasteiger partial charge >= 0.3 is 5.97 Å². The predicted molar refractivity (Wildman–Crippen MR) is 96.9 cm³/mol. The van der Waals surface area contributed by atoms with E-state index in [1.54, 1.807) is 36.4 Å². The Hall–Kier alpha value is -3.22. The molecule has 142 valence electrons. The van der Waals surface area contributed by atoms with E-state index in [-0.39, 0.29) is 12.7 Å². The van der Waals surface area contributed by atoms with Crippen molar-refractivity contribution in [1.29, 1.82) is 0 Å². The quantitative estimate of drug-likeness (QED) is 0.754. The zero-order valence-corrected chi connectivity index (χ0v) is 15.2. The summed E-state index contributed by atoms with van der Waals surface area (Å²) in [7, 11) is 0. The van der Waals surface area contributed by atoms with Gasteiger partial charge in [-0.15, -0.1) is 0 Å². The second-order valence-corrected chi connectivity index (χ2v) is 5.91. The van der Waals surface area contributed by atoms with Crippen LogP contribution in [0.3, 0.4) is 0 Å². The summed E-state index contributed by atoms with van der Waals surface area (Å²) in [6.45, 7) is 4.45. The molecule has 1 aliphatic rings. The first-order valence-electron chi connectivity index (χ1n) is 8.67. The van der Waals surface area contributed by atoms with Crippen LogP contribution in [0.2, 0.25) is 0 Å². The largest absolute Gasteiger partial charge is 0.494 e. The summed E-state index contributed by atoms with van der Waals surface area (Å²) in [5.74, 6) is 1.05. The molecule has 0 radical (unpaired) electrons. The Labute approximate surface area is 157 Å². The number of fused-ring (bicyclic) bond motifs is 1. The molecule has 3 rings (SSSR count). The van der Waals surface area contributed by atoms with Crippen molar-refractivity contribution in [2.45, 2.75) is 26.5 Å². The Bertz CT molecular complexity index is 818. The lowest BCUT2D eigenvalue weighted by atomic mass is 10.2. The summed E-state index contributed by atoms with van der Waals surface area (Å²) in [4.78, 5) is 24.3. The van der Waals surface area contributed by atoms with Gasteiger partial charge in [0.1, 0.15) is 5.75 Å². The molecule has 0 fully saturated rings. The maximum absolute atomic E-state index is 12.2. The second-order valence-electron chi connectivity index (χ2n) is 5.91. The summed E-state index contributed by atoms with van der Waals surface area (Å²) >= 11 is 0. The molecule has 1 aliphatic heterocycles. The van der Waals surface area contributed by atoms with Gasteiger partial charge in [-0.1, -0.05) is 6.07 Å². The molecule has 0 saturated carbocycles. The van der Waals surface area contributed by atoms with E-state index in [9.17, 15) is 9.59 Å². The van der Waals surface area contributed by atoms with Crippen molar-refractivity contribution >= 4 is 11.9 Å². The van der Waals surface area contributed by atoms with Crippen LogP contribution in [0.25, 0.3) is 0 Å². The van der Waals surface area contributed by atoms with Gasteiger partial charge in [0.2, 0.25) is 6.79 Å². The minimum atomic E-state index is -0.918. The van der Waals surface area contributed by atoms with Gasteiger partial charge in [-0.05, 0) is 55.8 Å². The summed E-state index contributed by atoms with van der Waals surface area (Å²) < 4.78 is 21.1. The smallest absolute Gasteiger partial charge is 0.338 e. The molecule has 0 bridgehead atoms. The molecule has 1 N–H and O–H groups in total. The number of nitrogens with one attached hydrogen (secondary N) is 1. The number of carbonyl (C=O) groups is 2. The molecular weight excluding hydrogens is 350 g/mol. The third-order valence-corrected chi connectivity index (χ3v) is 3.96. The Morgan fingerprint density at radius 2 is 1.85 bits per heavy atom. The van der Waals surface area contributed by atoms with Crippen LogP contribution in [0, 0.1) is 0 Å². The predicted octanol–water partition coefficient (Wildman–Crippen LogP) is 2.68. The Morgan fingerprint density at radius 1 is 1.11 bits per heavy atom. The fourth-order valence-electron chi connectivity index (χ4n) is 2.52. The van der Waals surface area contributed by atoms with Crippen LogP contribution in [0.4, 0.5) is 0 Å². The van der Waals surface area contributed by atoms with E-state index in [2.05, 4.69) is 5.32 Å². The third-order valence-electron chi connectivity index (χ3n) is 3.96. The molecule has 0 aliphatic carbocycles. The first-order chi connectivity index (χ1) is 13.1. The summed E-state index contributed by atoms with van der Waals surface area (Å²) in [6, 6.07) is 12.0. The highest BCUT2D eigenvalue weighted by molar-refractivity contribution is 5.92. The molecule has 7 heteroatoms. The van der Waals surface area contributed by atoms with Crippen molar-refractivity contribution in [3.8, 4) is 17.2 Å². The number of amides is 1. The topological polar surface area (TPSA) is 83.1 Å². The number of esters is 1. The summed E-state index contributed by atoms with van der Waals surface area (Å²) in [5.41, 5.74) is 1.21. The number of hydrogen-bond acceptors (Lipinski definition) is 6. The van der Waals surface area contributed by atoms with Crippen LogP contribution in [-0.2, 0) is 16.1 Å². The van der Waals surface area contributed by atoms with E-state index in [1.807, 2.05) is 13.0 Å². The zero-order valence-electron chi connectivity index (χ0n) is 15.2. The molecule has 1 atom stereocenters. The van der Waals surface area contributed by atoms with Gasteiger partial charge in [-0.2, -0.15) is 0 Å². The highest BCUT2D eigenvalue weighted by Crippen LogP contribution is 2.32. The van der Waals surface area contributed by atoms with E-state index in [0.29, 0.717) is 36.0 Å². The highest BCUT2D eigenvalue weighted by atomic mass is 16.7. The standard InChI is InChI=1S/C20H21NO6/c1-3-24-16-7-5-15(6-8-16)20(23)27-13(2)19(22)21-11-14-4-9-17-18(10-14)26-12-25-17/h4-10,13H,3,11-12H2,1-2H3,(H,21,22)/t13-/m0/s1. The normalized spacial score (nSPS) is 13.0. The van der Waals surface area contributed by atoms with Crippen LogP contribution >= 0.6 is 0 Å². The van der Waals surface area contributed by atoms with Crippen molar-refractivity contribution in [2.24, 2.45) is 0 Å². The van der Waals surface area contributed by atoms with Crippen LogP contribution in [0.15, 0.2) is 42.5 Å². The first kappa shape index (κ1) is 18.6. The SMILES string of the molecule is CCOc1ccc(C(=O)O[C@@H](C)C(=O)NCc2ccc3c(c2)OCO3)cc1. The number of benzene rings is 2. The minimum Gasteiger partial charge on any atom is -0.494 e. The molecule has 0 aromatic heterocycles. The summed E-state index contributed by atoms with van der Waals surface area (Å²) in [6.07, 6.45) is -0.918. The lowest BCUT2D eigenvalue weighted by Gasteiger charge is -2.14. The summed E-state index contributed by atoms with van der Waals surface area (Å²) in [5, 5.41) is 2.74. The van der Waals surface area contributed by atoms with Crippen LogP contribution in [0.5, 0.6) is 17.2 Å². The van der Waals surface area contributed by atoms with E-state index in [1.165, 1.54) is 6.92 Å². The maximum atomic E-state index is 12.2. The fraction of sp³-hybridized carbons (Fsp3) is 0.300. The van der Waals surface area contributed by atoms with E-state index in [4.69, 9.17) is 18.9 Å². The van der Waals surface area contributed by atoms with Crippen LogP contribution in [0.1, 0.15) is 29.8 Å². The second kappa shape index (κ2) is 8.44. The zero-order chi connectivity index (χ0) is 19.2. The van der Waals surface area contributed by atoms with Gasteiger partial charge in [0.15, 0.2) is 17.6 Å². The monoisotopic (exact) mass is 371 g/mol. The van der Waals surface area contributed by atoms with E-state index < -0.39 is 12.1 Å². The van der Waals surface area contributed by atoms with Crippen molar-refractivity contribution in [2.75, 3.05) is 13.4 Å². The van der Waals surface area contributed by atoms with E-state index >= 15 is 0 Å². The van der Waals surface area contributed by atoms with Gasteiger partial charge in [-0.25, -0.2) is 4.79 Å². The van der Waals surface area contributed by atoms with Crippen molar-refractivity contribution in [3.63, 3.8) is 0 Å². The lowest BCUT2D eigenvalue weighted by Crippen LogP contribution is -2.35. The highest BCUT2D eigenvalue weighted by Gasteiger charge is 2.19. The fourth-order valence-corrected chi connectivity index (χ4v) is 2.52. The lowest BCUT2D eigenvalue weighted by molar-refractivity contribution is -0.129. The number of ether oxygens (including phenoxy) is 4. The molecule has 0 spiro atoms. The molecule has 7 nitrogen and oxygen atoms in total. The molecule has 0 saturated heterocycles. The van der Waals surface area contributed by atoms with Gasteiger partial charge in [0, 0.05) is 6.54 Å². The molecule has 2 aromatic rings. The van der Waals surface area contributed by atoms with Crippen LogP contribution < -0.4 is 19.5 Å². The number of hydrogen-bond donors (Lipinski definition) is 1. The molecule has 2 aromatic carbocycles. The van der Waals surface area contributed by atoms with Gasteiger partial charge in [-0.3, -0.25) is 4.79 Å². The first-order valence-corrected chi connectivity index (χ1v) is 8.67. The molecular formula is C20H21NO6. The maximum Gasteiger partial charge on any atom is 0.338 e. The van der Waals surface area contributed by atoms with E-state index in [0.717, 1.165) is 5.56 Å². The van der Waals surface area contributed by atoms with Crippen molar-refractivity contribution < 1.29 is 28.5 Å². The molecule has 0 unspecified atom stereocenters. The number of rotatable bonds is 7. The average molecular weight is 371 g/mol. The average Bonchev–Trinajstić information content (AvgIpc) is 3.14. The Morgan fingerprint density at radius 3 is 2.59 bits per heavy atom. The molecule has 1 heterocycles. The Kier molecular flexibility index (Phi) is 5.80. The Balaban J connectivity index is 1.50. The van der Waals surface area contributed by atoms with Crippen LogP contribution in [-0.4, -0.2) is 31.4 Å². The van der Waals surface area contributed by atoms with Gasteiger partial charge in [0.25, 0.3) is 5.91 Å². The molecule has 27 heavy (non-hydrogen) atoms. The third kappa shape index (κ3) is 4.69.